The minimum Gasteiger partial charge on any atom is -0.464 e. The number of hydrogen-bond acceptors (Lipinski definition) is 5. The molecule has 1 heterocycles. The first-order valence-corrected chi connectivity index (χ1v) is 10.7. The summed E-state index contributed by atoms with van der Waals surface area (Å²) in [5, 5.41) is 0. The summed E-state index contributed by atoms with van der Waals surface area (Å²) >= 11 is 0. The highest BCUT2D eigenvalue weighted by atomic mass is 32.2. The first kappa shape index (κ1) is 23.1. The smallest absolute Gasteiger partial charge is 0.243 e. The first-order chi connectivity index (χ1) is 13.6. The van der Waals surface area contributed by atoms with E-state index in [9.17, 15) is 17.6 Å². The van der Waals surface area contributed by atoms with Crippen molar-refractivity contribution in [1.29, 1.82) is 0 Å². The number of rotatable bonds is 10. The van der Waals surface area contributed by atoms with E-state index < -0.39 is 21.9 Å². The van der Waals surface area contributed by atoms with Crippen LogP contribution in [0.15, 0.2) is 45.7 Å². The number of halogens is 1. The fourth-order valence-electron chi connectivity index (χ4n) is 2.77. The SMILES string of the molecule is COCCN(Cc1ccc(C)o1)C(=O)CN(C(C)C)S(=O)(=O)c1ccc(F)cc1. The Morgan fingerprint density at radius 2 is 1.83 bits per heavy atom. The van der Waals surface area contributed by atoms with Gasteiger partial charge in [0.05, 0.1) is 24.6 Å². The Labute approximate surface area is 171 Å². The van der Waals surface area contributed by atoms with Crippen molar-refractivity contribution in [2.24, 2.45) is 0 Å². The summed E-state index contributed by atoms with van der Waals surface area (Å²) in [5.74, 6) is 0.414. The van der Waals surface area contributed by atoms with Crippen molar-refractivity contribution in [2.75, 3.05) is 26.8 Å². The van der Waals surface area contributed by atoms with Gasteiger partial charge in [-0.15, -0.1) is 0 Å². The van der Waals surface area contributed by atoms with Crippen LogP contribution in [0, 0.1) is 12.7 Å². The maximum Gasteiger partial charge on any atom is 0.243 e. The number of amides is 1. The second-order valence-corrected chi connectivity index (χ2v) is 8.81. The Balaban J connectivity index is 2.23. The Kier molecular flexibility index (Phi) is 7.95. The van der Waals surface area contributed by atoms with E-state index in [0.717, 1.165) is 22.2 Å². The largest absolute Gasteiger partial charge is 0.464 e. The molecule has 0 atom stereocenters. The lowest BCUT2D eigenvalue weighted by Gasteiger charge is -2.29. The molecule has 1 amide bonds. The summed E-state index contributed by atoms with van der Waals surface area (Å²) in [4.78, 5) is 14.4. The lowest BCUT2D eigenvalue weighted by atomic mass is 10.3. The van der Waals surface area contributed by atoms with Crippen LogP contribution in [0.5, 0.6) is 0 Å². The standard InChI is InChI=1S/C20H27FN2O5S/c1-15(2)23(29(25,26)19-9-6-17(21)7-10-19)14-20(24)22(11-12-27-4)13-18-8-5-16(3)28-18/h5-10,15H,11-14H2,1-4H3. The summed E-state index contributed by atoms with van der Waals surface area (Å²) in [5.41, 5.74) is 0. The van der Waals surface area contributed by atoms with Crippen LogP contribution in [0.4, 0.5) is 4.39 Å². The molecule has 0 aliphatic carbocycles. The molecule has 2 aromatic rings. The number of benzene rings is 1. The zero-order valence-electron chi connectivity index (χ0n) is 17.1. The highest BCUT2D eigenvalue weighted by molar-refractivity contribution is 7.89. The number of sulfonamides is 1. The molecule has 7 nitrogen and oxygen atoms in total. The first-order valence-electron chi connectivity index (χ1n) is 9.24. The molecule has 2 rings (SSSR count). The Morgan fingerprint density at radius 1 is 1.17 bits per heavy atom. The van der Waals surface area contributed by atoms with E-state index in [1.54, 1.807) is 32.9 Å². The molecular weight excluding hydrogens is 399 g/mol. The molecule has 0 fully saturated rings. The third-order valence-corrected chi connectivity index (χ3v) is 6.38. The quantitative estimate of drug-likeness (QED) is 0.584. The maximum atomic E-state index is 13.2. The van der Waals surface area contributed by atoms with Crippen LogP contribution in [0.2, 0.25) is 0 Å². The van der Waals surface area contributed by atoms with E-state index in [-0.39, 0.29) is 30.4 Å². The third kappa shape index (κ3) is 6.12. The number of aryl methyl sites for hydroxylation is 1. The molecule has 0 saturated heterocycles. The second kappa shape index (κ2) is 10.00. The fourth-order valence-corrected chi connectivity index (χ4v) is 4.36. The van der Waals surface area contributed by atoms with E-state index in [2.05, 4.69) is 0 Å². The van der Waals surface area contributed by atoms with Crippen molar-refractivity contribution >= 4 is 15.9 Å². The topological polar surface area (TPSA) is 80.1 Å². The molecule has 0 unspecified atom stereocenters. The highest BCUT2D eigenvalue weighted by Gasteiger charge is 2.31. The van der Waals surface area contributed by atoms with E-state index in [0.29, 0.717) is 12.4 Å². The normalized spacial score (nSPS) is 12.0. The van der Waals surface area contributed by atoms with Crippen molar-refractivity contribution in [3.63, 3.8) is 0 Å². The van der Waals surface area contributed by atoms with Gasteiger partial charge in [0.25, 0.3) is 0 Å². The van der Waals surface area contributed by atoms with Gasteiger partial charge in [0, 0.05) is 19.7 Å². The minimum atomic E-state index is -3.97. The van der Waals surface area contributed by atoms with Crippen molar-refractivity contribution in [1.82, 2.24) is 9.21 Å². The highest BCUT2D eigenvalue weighted by Crippen LogP contribution is 2.19. The second-order valence-electron chi connectivity index (χ2n) is 6.92. The third-order valence-electron chi connectivity index (χ3n) is 4.35. The van der Waals surface area contributed by atoms with Crippen LogP contribution in [-0.4, -0.2) is 56.4 Å². The Hall–Kier alpha value is -2.23. The summed E-state index contributed by atoms with van der Waals surface area (Å²) < 4.78 is 50.9. The number of hydrogen-bond donors (Lipinski definition) is 0. The predicted molar refractivity (Wildman–Crippen MR) is 106 cm³/mol. The van der Waals surface area contributed by atoms with Gasteiger partial charge in [-0.2, -0.15) is 4.31 Å². The number of nitrogens with zero attached hydrogens (tertiary/aromatic N) is 2. The van der Waals surface area contributed by atoms with Crippen LogP contribution in [-0.2, 0) is 26.1 Å². The number of ether oxygens (including phenoxy) is 1. The van der Waals surface area contributed by atoms with E-state index in [1.807, 2.05) is 0 Å². The molecule has 1 aromatic heterocycles. The van der Waals surface area contributed by atoms with Gasteiger partial charge in [0.1, 0.15) is 17.3 Å². The molecular formula is C20H27FN2O5S. The predicted octanol–water partition coefficient (Wildman–Crippen LogP) is 2.80. The van der Waals surface area contributed by atoms with Gasteiger partial charge in [-0.3, -0.25) is 4.79 Å². The molecule has 0 aliphatic heterocycles. The van der Waals surface area contributed by atoms with Crippen LogP contribution < -0.4 is 0 Å². The number of carbonyl (C=O) groups is 1. The zero-order chi connectivity index (χ0) is 21.6. The van der Waals surface area contributed by atoms with Crippen LogP contribution in [0.3, 0.4) is 0 Å². The lowest BCUT2D eigenvalue weighted by Crippen LogP contribution is -2.46. The van der Waals surface area contributed by atoms with Crippen molar-refractivity contribution < 1.29 is 26.8 Å². The molecule has 0 spiro atoms. The van der Waals surface area contributed by atoms with Crippen molar-refractivity contribution in [2.45, 2.75) is 38.3 Å². The Bertz CT molecular complexity index is 909. The molecule has 0 N–H and O–H groups in total. The van der Waals surface area contributed by atoms with E-state index in [1.165, 1.54) is 24.1 Å². The molecule has 0 bridgehead atoms. The monoisotopic (exact) mass is 426 g/mol. The Morgan fingerprint density at radius 3 is 2.34 bits per heavy atom. The van der Waals surface area contributed by atoms with Gasteiger partial charge in [-0.1, -0.05) is 0 Å². The summed E-state index contributed by atoms with van der Waals surface area (Å²) in [6.07, 6.45) is 0. The van der Waals surface area contributed by atoms with Gasteiger partial charge >= 0.3 is 0 Å². The minimum absolute atomic E-state index is 0.0644. The summed E-state index contributed by atoms with van der Waals surface area (Å²) in [6, 6.07) is 7.65. The average molecular weight is 427 g/mol. The van der Waals surface area contributed by atoms with Crippen LogP contribution in [0.1, 0.15) is 25.4 Å². The molecule has 0 saturated carbocycles. The number of methoxy groups -OCH3 is 1. The van der Waals surface area contributed by atoms with Crippen LogP contribution in [0.25, 0.3) is 0 Å². The van der Waals surface area contributed by atoms with Gasteiger partial charge in [-0.25, -0.2) is 12.8 Å². The van der Waals surface area contributed by atoms with Gasteiger partial charge in [0.15, 0.2) is 0 Å². The fraction of sp³-hybridized carbons (Fsp3) is 0.450. The van der Waals surface area contributed by atoms with E-state index in [4.69, 9.17) is 9.15 Å². The van der Waals surface area contributed by atoms with Crippen LogP contribution >= 0.6 is 0 Å². The molecule has 9 heteroatoms. The van der Waals surface area contributed by atoms with Gasteiger partial charge in [0.2, 0.25) is 15.9 Å². The average Bonchev–Trinajstić information content (AvgIpc) is 3.07. The lowest BCUT2D eigenvalue weighted by molar-refractivity contribution is -0.133. The molecule has 29 heavy (non-hydrogen) atoms. The number of carbonyl (C=O) groups excluding carboxylic acids is 1. The summed E-state index contributed by atoms with van der Waals surface area (Å²) in [7, 11) is -2.44. The van der Waals surface area contributed by atoms with Crippen molar-refractivity contribution in [3.8, 4) is 0 Å². The number of furan rings is 1. The molecule has 0 aliphatic rings. The molecule has 0 radical (unpaired) electrons. The molecule has 160 valence electrons. The van der Waals surface area contributed by atoms with Gasteiger partial charge < -0.3 is 14.1 Å². The maximum absolute atomic E-state index is 13.2. The van der Waals surface area contributed by atoms with E-state index >= 15 is 0 Å². The van der Waals surface area contributed by atoms with Gasteiger partial charge in [-0.05, 0) is 57.2 Å². The zero-order valence-corrected chi connectivity index (χ0v) is 17.9. The van der Waals surface area contributed by atoms with Crippen molar-refractivity contribution in [3.05, 3.63) is 53.7 Å². The molecule has 1 aromatic carbocycles. The summed E-state index contributed by atoms with van der Waals surface area (Å²) in [6.45, 7) is 5.63.